The summed E-state index contributed by atoms with van der Waals surface area (Å²) in [5, 5.41) is 28.1. The van der Waals surface area contributed by atoms with Crippen LogP contribution in [-0.4, -0.2) is 63.8 Å². The van der Waals surface area contributed by atoms with Gasteiger partial charge in [-0.05, 0) is 41.0 Å². The minimum Gasteiger partial charge on any atom is -0.477 e. The molecule has 0 spiro atoms. The highest BCUT2D eigenvalue weighted by molar-refractivity contribution is 7.12. The second-order valence-corrected chi connectivity index (χ2v) is 10.7. The molecular formula is C26H29F2N3O7S. The van der Waals surface area contributed by atoms with Crippen molar-refractivity contribution in [1.82, 2.24) is 10.6 Å². The molecule has 1 aliphatic heterocycles. The van der Waals surface area contributed by atoms with Crippen LogP contribution in [-0.2, 0) is 32.0 Å². The van der Waals surface area contributed by atoms with Gasteiger partial charge in [-0.1, -0.05) is 32.0 Å². The van der Waals surface area contributed by atoms with Crippen LogP contribution in [0.15, 0.2) is 35.7 Å². The molecule has 2 amide bonds. The largest absolute Gasteiger partial charge is 0.477 e. The highest BCUT2D eigenvalue weighted by Crippen LogP contribution is 2.36. The third-order valence-corrected chi connectivity index (χ3v) is 7.28. The number of benzene rings is 1. The fourth-order valence-corrected chi connectivity index (χ4v) is 5.33. The van der Waals surface area contributed by atoms with Gasteiger partial charge in [0.25, 0.3) is 5.78 Å². The summed E-state index contributed by atoms with van der Waals surface area (Å²) in [6.07, 6.45) is -4.06. The van der Waals surface area contributed by atoms with Crippen LogP contribution in [0.2, 0.25) is 0 Å². The predicted octanol–water partition coefficient (Wildman–Crippen LogP) is 2.72. The van der Waals surface area contributed by atoms with Crippen molar-refractivity contribution in [2.45, 2.75) is 63.6 Å². The summed E-state index contributed by atoms with van der Waals surface area (Å²) in [6.45, 7) is 3.52. The number of anilines is 1. The van der Waals surface area contributed by atoms with E-state index >= 15 is 0 Å². The molecule has 0 saturated heterocycles. The first-order chi connectivity index (χ1) is 18.3. The van der Waals surface area contributed by atoms with Crippen molar-refractivity contribution >= 4 is 46.6 Å². The molecule has 1 aromatic heterocycles. The van der Waals surface area contributed by atoms with E-state index in [2.05, 4.69) is 16.0 Å². The summed E-state index contributed by atoms with van der Waals surface area (Å²) in [7, 11) is 0. The average molecular weight is 566 g/mol. The number of aromatic carboxylic acids is 1. The van der Waals surface area contributed by atoms with Crippen LogP contribution in [0.4, 0.5) is 14.5 Å². The van der Waals surface area contributed by atoms with Crippen LogP contribution in [0.1, 0.15) is 47.5 Å². The number of amides is 2. The van der Waals surface area contributed by atoms with Crippen LogP contribution in [0.3, 0.4) is 0 Å². The number of nitrogens with one attached hydrogen (secondary N) is 3. The standard InChI is InChI=1S/C26H29F2N3O7S/c1-13(2)9-18(22(33)29-17(10-19(27)28)20(32)23(34)35)30-25(38)26(11-14-5-3-4-6-16(14)31-26)12-15-7-8-39-21(15)24(36)37/h3-8,13,17-19,31H,9-12H2,1-2H3,(H,29,33)(H,30,38)(H,34,35)(H,36,37)/t17-,18-,26+/m1/s1. The Morgan fingerprint density at radius 2 is 1.72 bits per heavy atom. The molecule has 0 bridgehead atoms. The first-order valence-electron chi connectivity index (χ1n) is 12.2. The normalized spacial score (nSPS) is 17.7. The Hall–Kier alpha value is -3.87. The monoisotopic (exact) mass is 565 g/mol. The van der Waals surface area contributed by atoms with Gasteiger partial charge in [0.1, 0.15) is 22.5 Å². The van der Waals surface area contributed by atoms with Gasteiger partial charge in [0.2, 0.25) is 18.2 Å². The number of rotatable bonds is 13. The molecule has 1 aromatic carbocycles. The number of fused-ring (bicyclic) bond motifs is 1. The molecule has 0 saturated carbocycles. The molecule has 39 heavy (non-hydrogen) atoms. The predicted molar refractivity (Wildman–Crippen MR) is 138 cm³/mol. The molecule has 210 valence electrons. The van der Waals surface area contributed by atoms with Crippen molar-refractivity contribution < 1.29 is 43.0 Å². The molecule has 1 aliphatic rings. The summed E-state index contributed by atoms with van der Waals surface area (Å²) in [5.41, 5.74) is 0.489. The fourth-order valence-electron chi connectivity index (χ4n) is 4.57. The summed E-state index contributed by atoms with van der Waals surface area (Å²) in [4.78, 5) is 61.8. The van der Waals surface area contributed by atoms with Crippen molar-refractivity contribution in [1.29, 1.82) is 0 Å². The molecule has 3 rings (SSSR count). The Morgan fingerprint density at radius 3 is 2.31 bits per heavy atom. The summed E-state index contributed by atoms with van der Waals surface area (Å²) >= 11 is 1.01. The maximum atomic E-state index is 13.9. The minimum absolute atomic E-state index is 0.0276. The van der Waals surface area contributed by atoms with Gasteiger partial charge < -0.3 is 26.2 Å². The fraction of sp³-hybridized carbons (Fsp3) is 0.423. The van der Waals surface area contributed by atoms with Crippen molar-refractivity contribution in [3.8, 4) is 0 Å². The number of carbonyl (C=O) groups is 5. The lowest BCUT2D eigenvalue weighted by Gasteiger charge is -2.32. The van der Waals surface area contributed by atoms with Crippen LogP contribution in [0, 0.1) is 5.92 Å². The van der Waals surface area contributed by atoms with Crippen molar-refractivity contribution in [2.75, 3.05) is 5.32 Å². The number of carboxylic acids is 2. The van der Waals surface area contributed by atoms with E-state index < -0.39 is 60.0 Å². The van der Waals surface area contributed by atoms with Crippen LogP contribution < -0.4 is 16.0 Å². The molecule has 0 fully saturated rings. The van der Waals surface area contributed by atoms with E-state index in [9.17, 15) is 37.9 Å². The van der Waals surface area contributed by atoms with Gasteiger partial charge in [0.05, 0.1) is 0 Å². The van der Waals surface area contributed by atoms with Crippen molar-refractivity contribution in [2.24, 2.45) is 5.92 Å². The van der Waals surface area contributed by atoms with Gasteiger partial charge in [0, 0.05) is 24.9 Å². The van der Waals surface area contributed by atoms with Crippen LogP contribution in [0.5, 0.6) is 0 Å². The topological polar surface area (TPSA) is 162 Å². The summed E-state index contributed by atoms with van der Waals surface area (Å²) in [6, 6.07) is 5.48. The molecule has 2 heterocycles. The highest BCUT2D eigenvalue weighted by Gasteiger charge is 2.46. The van der Waals surface area contributed by atoms with E-state index in [4.69, 9.17) is 5.11 Å². The molecule has 13 heteroatoms. The van der Waals surface area contributed by atoms with E-state index in [1.165, 1.54) is 0 Å². The van der Waals surface area contributed by atoms with E-state index in [1.807, 2.05) is 6.07 Å². The third-order valence-electron chi connectivity index (χ3n) is 6.34. The molecule has 2 aromatic rings. The molecule has 3 atom stereocenters. The van der Waals surface area contributed by atoms with Crippen LogP contribution >= 0.6 is 11.3 Å². The third kappa shape index (κ3) is 7.16. The number of ketones is 1. The Labute approximate surface area is 226 Å². The number of Topliss-reactive ketones (excluding diaryl/α,β-unsaturated/α-hetero) is 1. The Morgan fingerprint density at radius 1 is 1.03 bits per heavy atom. The molecule has 10 nitrogen and oxygen atoms in total. The van der Waals surface area contributed by atoms with Gasteiger partial charge in [-0.2, -0.15) is 0 Å². The second-order valence-electron chi connectivity index (χ2n) is 9.81. The zero-order valence-electron chi connectivity index (χ0n) is 21.2. The van der Waals surface area contributed by atoms with Gasteiger partial charge in [-0.25, -0.2) is 18.4 Å². The zero-order chi connectivity index (χ0) is 28.9. The number of hydrogen-bond acceptors (Lipinski definition) is 7. The first kappa shape index (κ1) is 29.7. The number of carboxylic acid groups (broad SMARTS) is 2. The van der Waals surface area contributed by atoms with Gasteiger partial charge in [-0.3, -0.25) is 14.4 Å². The van der Waals surface area contributed by atoms with E-state index in [0.717, 1.165) is 16.9 Å². The number of alkyl halides is 2. The number of carbonyl (C=O) groups excluding carboxylic acids is 3. The van der Waals surface area contributed by atoms with Gasteiger partial charge >= 0.3 is 11.9 Å². The number of halogens is 2. The lowest BCUT2D eigenvalue weighted by molar-refractivity contribution is -0.151. The maximum Gasteiger partial charge on any atom is 0.374 e. The molecule has 0 radical (unpaired) electrons. The Balaban J connectivity index is 1.91. The SMILES string of the molecule is CC(C)C[C@@H](NC(=O)[C@@]1(Cc2ccsc2C(=O)O)Cc2ccccc2N1)C(=O)N[C@H](CC(F)F)C(=O)C(=O)O. The smallest absolute Gasteiger partial charge is 0.374 e. The number of hydrogen-bond donors (Lipinski definition) is 5. The molecule has 0 unspecified atom stereocenters. The van der Waals surface area contributed by atoms with Gasteiger partial charge in [0.15, 0.2) is 0 Å². The number of thiophene rings is 1. The number of aliphatic carboxylic acids is 1. The van der Waals surface area contributed by atoms with E-state index in [1.54, 1.807) is 43.5 Å². The highest BCUT2D eigenvalue weighted by atomic mass is 32.1. The lowest BCUT2D eigenvalue weighted by Crippen LogP contribution is -2.60. The van der Waals surface area contributed by atoms with E-state index in [0.29, 0.717) is 11.3 Å². The van der Waals surface area contributed by atoms with Crippen molar-refractivity contribution in [3.63, 3.8) is 0 Å². The van der Waals surface area contributed by atoms with Crippen LogP contribution in [0.25, 0.3) is 0 Å². The summed E-state index contributed by atoms with van der Waals surface area (Å²) in [5.74, 6) is -6.49. The van der Waals surface area contributed by atoms with Crippen molar-refractivity contribution in [3.05, 3.63) is 51.7 Å². The van der Waals surface area contributed by atoms with E-state index in [-0.39, 0.29) is 30.1 Å². The molecule has 0 aliphatic carbocycles. The quantitative estimate of drug-likeness (QED) is 0.232. The number of para-hydroxylation sites is 1. The molecule has 5 N–H and O–H groups in total. The average Bonchev–Trinajstić information content (AvgIpc) is 3.47. The molecular weight excluding hydrogens is 536 g/mol. The zero-order valence-corrected chi connectivity index (χ0v) is 22.0. The minimum atomic E-state index is -3.06. The Bertz CT molecular complexity index is 1240. The van der Waals surface area contributed by atoms with Gasteiger partial charge in [-0.15, -0.1) is 11.3 Å². The first-order valence-corrected chi connectivity index (χ1v) is 13.0. The second kappa shape index (κ2) is 12.3. The maximum absolute atomic E-state index is 13.9. The Kier molecular flexibility index (Phi) is 9.38. The lowest BCUT2D eigenvalue weighted by atomic mass is 9.86. The summed E-state index contributed by atoms with van der Waals surface area (Å²) < 4.78 is 26.0.